The lowest BCUT2D eigenvalue weighted by molar-refractivity contribution is 0.461. The molecule has 8 nitrogen and oxygen atoms in total. The monoisotopic (exact) mass is 748 g/mol. The van der Waals surface area contributed by atoms with Crippen molar-refractivity contribution in [3.05, 3.63) is 195 Å². The summed E-state index contributed by atoms with van der Waals surface area (Å²) in [5.74, 6) is 4.70. The number of pyridine rings is 2. The molecule has 5 heterocycles. The number of hydrogen-bond donors (Lipinski definition) is 0. The van der Waals surface area contributed by atoms with Crippen LogP contribution in [0.3, 0.4) is 0 Å². The van der Waals surface area contributed by atoms with Crippen molar-refractivity contribution in [2.75, 3.05) is 0 Å². The molecule has 0 spiro atoms. The van der Waals surface area contributed by atoms with Crippen molar-refractivity contribution in [2.24, 2.45) is 0 Å². The molecule has 0 unspecified atom stereocenters. The Bertz CT molecular complexity index is 3290. The van der Waals surface area contributed by atoms with Gasteiger partial charge in [-0.3, -0.25) is 9.13 Å². The summed E-state index contributed by atoms with van der Waals surface area (Å²) in [5.41, 5.74) is 7.08. The summed E-state index contributed by atoms with van der Waals surface area (Å²) >= 11 is 0. The van der Waals surface area contributed by atoms with Crippen molar-refractivity contribution in [1.82, 2.24) is 29.1 Å². The Labute approximate surface area is 332 Å². The zero-order valence-electron chi connectivity index (χ0n) is 31.0. The van der Waals surface area contributed by atoms with E-state index < -0.39 is 0 Å². The minimum Gasteiger partial charge on any atom is -0.457 e. The topological polar surface area (TPSA) is 79.9 Å². The maximum Gasteiger partial charge on any atom is 0.159 e. The fourth-order valence-corrected chi connectivity index (χ4v) is 7.90. The van der Waals surface area contributed by atoms with Crippen LogP contribution in [0.5, 0.6) is 23.0 Å². The molecule has 0 aliphatic carbocycles. The van der Waals surface area contributed by atoms with E-state index in [0.29, 0.717) is 28.8 Å². The second-order valence-electron chi connectivity index (χ2n) is 14.0. The molecule has 6 aromatic carbocycles. The molecular formula is C50H32N6O2. The second-order valence-corrected chi connectivity index (χ2v) is 14.0. The molecule has 0 saturated carbocycles. The molecule has 0 saturated heterocycles. The smallest absolute Gasteiger partial charge is 0.159 e. The predicted molar refractivity (Wildman–Crippen MR) is 230 cm³/mol. The largest absolute Gasteiger partial charge is 0.457 e. The number of aromatic nitrogens is 6. The van der Waals surface area contributed by atoms with Crippen molar-refractivity contribution >= 4 is 43.6 Å². The highest BCUT2D eigenvalue weighted by Gasteiger charge is 2.17. The van der Waals surface area contributed by atoms with E-state index in [1.54, 1.807) is 18.5 Å². The minimum atomic E-state index is 0.559. The molecule has 58 heavy (non-hydrogen) atoms. The van der Waals surface area contributed by atoms with Crippen LogP contribution in [-0.4, -0.2) is 29.1 Å². The van der Waals surface area contributed by atoms with E-state index in [4.69, 9.17) is 14.5 Å². The third-order valence-corrected chi connectivity index (χ3v) is 10.4. The highest BCUT2D eigenvalue weighted by atomic mass is 16.5. The average Bonchev–Trinajstić information content (AvgIpc) is 3.79. The summed E-state index contributed by atoms with van der Waals surface area (Å²) in [4.78, 5) is 18.7. The van der Waals surface area contributed by atoms with Gasteiger partial charge in [-0.1, -0.05) is 72.8 Å². The van der Waals surface area contributed by atoms with Gasteiger partial charge in [-0.15, -0.1) is 0 Å². The fourth-order valence-electron chi connectivity index (χ4n) is 7.90. The van der Waals surface area contributed by atoms with E-state index in [1.165, 1.54) is 0 Å². The molecule has 5 aromatic heterocycles. The first-order valence-corrected chi connectivity index (χ1v) is 19.0. The van der Waals surface area contributed by atoms with E-state index in [-0.39, 0.29) is 0 Å². The molecule has 0 bridgehead atoms. The van der Waals surface area contributed by atoms with Crippen LogP contribution in [0.1, 0.15) is 0 Å². The van der Waals surface area contributed by atoms with Crippen molar-refractivity contribution < 1.29 is 9.47 Å². The number of hydrogen-bond acceptors (Lipinski definition) is 6. The molecule has 8 heteroatoms. The van der Waals surface area contributed by atoms with Crippen LogP contribution >= 0.6 is 0 Å². The van der Waals surface area contributed by atoms with E-state index in [2.05, 4.69) is 127 Å². The summed E-state index contributed by atoms with van der Waals surface area (Å²) in [6.07, 6.45) is 7.14. The summed E-state index contributed by atoms with van der Waals surface area (Å²) in [7, 11) is 0. The average molecular weight is 749 g/mol. The van der Waals surface area contributed by atoms with Crippen LogP contribution in [0.25, 0.3) is 77.8 Å². The van der Waals surface area contributed by atoms with Crippen molar-refractivity contribution in [3.8, 4) is 57.1 Å². The standard InChI is InChI=1S/C50H32N6O2/c1-2-11-33(12-3-1)34-22-26-52-49(29-34)56-45-16-7-5-14-41(45)43-21-19-37(32-47(43)56)58-39-28-35(50-53-24-10-25-54-50)27-38(30-39)57-36-18-20-42-40-13-4-6-15-44(40)55(46(42)31-36)48-17-8-9-23-51-48/h1-32H. The second kappa shape index (κ2) is 13.9. The number of ether oxygens (including phenoxy) is 2. The summed E-state index contributed by atoms with van der Waals surface area (Å²) in [6, 6.07) is 57.2. The maximum absolute atomic E-state index is 6.71. The van der Waals surface area contributed by atoms with Crippen molar-refractivity contribution in [1.29, 1.82) is 0 Å². The lowest BCUT2D eigenvalue weighted by Gasteiger charge is -2.13. The van der Waals surface area contributed by atoms with Gasteiger partial charge in [0.25, 0.3) is 0 Å². The van der Waals surface area contributed by atoms with E-state index in [9.17, 15) is 0 Å². The van der Waals surface area contributed by atoms with Gasteiger partial charge in [0.2, 0.25) is 0 Å². The Hall–Kier alpha value is -8.10. The zero-order valence-corrected chi connectivity index (χ0v) is 31.0. The first-order valence-electron chi connectivity index (χ1n) is 19.0. The molecule has 0 aliphatic rings. The van der Waals surface area contributed by atoms with Gasteiger partial charge in [-0.25, -0.2) is 19.9 Å². The molecule has 0 fully saturated rings. The number of para-hydroxylation sites is 2. The third-order valence-electron chi connectivity index (χ3n) is 10.4. The molecule has 274 valence electrons. The van der Waals surface area contributed by atoms with Crippen LogP contribution < -0.4 is 9.47 Å². The van der Waals surface area contributed by atoms with Crippen molar-refractivity contribution in [2.45, 2.75) is 0 Å². The third kappa shape index (κ3) is 5.88. The fraction of sp³-hybridized carbons (Fsp3) is 0. The Morgan fingerprint density at radius 3 is 1.50 bits per heavy atom. The zero-order chi connectivity index (χ0) is 38.4. The lowest BCUT2D eigenvalue weighted by Crippen LogP contribution is -1.98. The number of rotatable bonds is 8. The van der Waals surface area contributed by atoms with Gasteiger partial charge in [0.15, 0.2) is 5.82 Å². The van der Waals surface area contributed by atoms with Crippen LogP contribution in [-0.2, 0) is 0 Å². The van der Waals surface area contributed by atoms with Gasteiger partial charge in [-0.05, 0) is 90.0 Å². The Morgan fingerprint density at radius 2 is 0.862 bits per heavy atom. The van der Waals surface area contributed by atoms with Gasteiger partial charge in [0.05, 0.1) is 22.1 Å². The minimum absolute atomic E-state index is 0.559. The summed E-state index contributed by atoms with van der Waals surface area (Å²) < 4.78 is 17.8. The number of nitrogens with zero attached hydrogens (tertiary/aromatic N) is 6. The summed E-state index contributed by atoms with van der Waals surface area (Å²) in [6.45, 7) is 0. The molecular weight excluding hydrogens is 717 g/mol. The molecule has 0 radical (unpaired) electrons. The quantitative estimate of drug-likeness (QED) is 0.154. The van der Waals surface area contributed by atoms with Gasteiger partial charge < -0.3 is 9.47 Å². The highest BCUT2D eigenvalue weighted by molar-refractivity contribution is 6.10. The van der Waals surface area contributed by atoms with Crippen LogP contribution in [0.4, 0.5) is 0 Å². The highest BCUT2D eigenvalue weighted by Crippen LogP contribution is 2.39. The van der Waals surface area contributed by atoms with Crippen LogP contribution in [0, 0.1) is 0 Å². The number of benzene rings is 6. The van der Waals surface area contributed by atoms with Crippen molar-refractivity contribution in [3.63, 3.8) is 0 Å². The maximum atomic E-state index is 6.71. The molecule has 11 aromatic rings. The normalized spacial score (nSPS) is 11.4. The van der Waals surface area contributed by atoms with E-state index in [0.717, 1.165) is 71.9 Å². The van der Waals surface area contributed by atoms with E-state index in [1.807, 2.05) is 73.1 Å². The number of fused-ring (bicyclic) bond motifs is 6. The van der Waals surface area contributed by atoms with Crippen LogP contribution in [0.15, 0.2) is 195 Å². The van der Waals surface area contributed by atoms with Gasteiger partial charge >= 0.3 is 0 Å². The predicted octanol–water partition coefficient (Wildman–Crippen LogP) is 12.4. The van der Waals surface area contributed by atoms with Gasteiger partial charge in [-0.2, -0.15) is 0 Å². The first kappa shape index (κ1) is 33.3. The molecule has 0 atom stereocenters. The first-order chi connectivity index (χ1) is 28.7. The lowest BCUT2D eigenvalue weighted by atomic mass is 10.1. The van der Waals surface area contributed by atoms with Crippen LogP contribution in [0.2, 0.25) is 0 Å². The Balaban J connectivity index is 1.00. The Kier molecular flexibility index (Phi) is 7.96. The molecule has 0 amide bonds. The summed E-state index contributed by atoms with van der Waals surface area (Å²) in [5, 5.41) is 4.49. The van der Waals surface area contributed by atoms with E-state index >= 15 is 0 Å². The SMILES string of the molecule is c1ccc(-c2ccnc(-n3c4ccccc4c4ccc(Oc5cc(Oc6ccc7c8ccccc8n(-c8ccccn8)c7c6)cc(-c6ncccn6)c5)cc43)c2)cc1. The molecule has 0 aliphatic heterocycles. The Morgan fingerprint density at radius 1 is 0.310 bits per heavy atom. The molecule has 0 N–H and O–H groups in total. The van der Waals surface area contributed by atoms with Gasteiger partial charge in [0, 0.05) is 70.1 Å². The van der Waals surface area contributed by atoms with Gasteiger partial charge in [0.1, 0.15) is 34.6 Å². The molecule has 11 rings (SSSR count).